The second-order valence-electron chi connectivity index (χ2n) is 5.15. The molecule has 1 fully saturated rings. The van der Waals surface area contributed by atoms with Crippen LogP contribution in [0, 0.1) is 5.82 Å². The van der Waals surface area contributed by atoms with E-state index in [4.69, 9.17) is 5.11 Å². The number of carboxylic acid groups (broad SMARTS) is 1. The van der Waals surface area contributed by atoms with E-state index in [0.717, 1.165) is 25.7 Å². The third-order valence-corrected chi connectivity index (χ3v) is 3.65. The molecule has 1 aromatic carbocycles. The third-order valence-electron chi connectivity index (χ3n) is 3.65. The summed E-state index contributed by atoms with van der Waals surface area (Å²) in [7, 11) is 0. The fourth-order valence-corrected chi connectivity index (χ4v) is 2.33. The molecular weight excluding hydrogens is 259 g/mol. The number of benzene rings is 1. The van der Waals surface area contributed by atoms with Crippen LogP contribution >= 0.6 is 0 Å². The van der Waals surface area contributed by atoms with Crippen LogP contribution in [0.3, 0.4) is 0 Å². The van der Waals surface area contributed by atoms with Gasteiger partial charge in [0.05, 0.1) is 5.56 Å². The highest BCUT2D eigenvalue weighted by Crippen LogP contribution is 2.25. The zero-order valence-corrected chi connectivity index (χ0v) is 11.7. The molecule has 0 bridgehead atoms. The first-order valence-electron chi connectivity index (χ1n) is 7.08. The molecule has 1 aliphatic rings. The SMILES string of the molecule is CCN(CCNCc1cc(C(=O)O)ccc1F)C1CC1. The van der Waals surface area contributed by atoms with Gasteiger partial charge in [-0.1, -0.05) is 6.92 Å². The van der Waals surface area contributed by atoms with Gasteiger partial charge >= 0.3 is 5.97 Å². The van der Waals surface area contributed by atoms with Crippen molar-refractivity contribution >= 4 is 5.97 Å². The lowest BCUT2D eigenvalue weighted by Gasteiger charge is -2.19. The van der Waals surface area contributed by atoms with Crippen LogP contribution in [0.25, 0.3) is 0 Å². The van der Waals surface area contributed by atoms with E-state index in [-0.39, 0.29) is 11.4 Å². The molecule has 1 aromatic rings. The largest absolute Gasteiger partial charge is 0.478 e. The van der Waals surface area contributed by atoms with Crippen molar-refractivity contribution < 1.29 is 14.3 Å². The summed E-state index contributed by atoms with van der Waals surface area (Å²) in [5, 5.41) is 12.1. The molecule has 0 spiro atoms. The summed E-state index contributed by atoms with van der Waals surface area (Å²) in [5.74, 6) is -1.39. The smallest absolute Gasteiger partial charge is 0.335 e. The van der Waals surface area contributed by atoms with E-state index < -0.39 is 5.97 Å². The van der Waals surface area contributed by atoms with Gasteiger partial charge < -0.3 is 10.4 Å². The Morgan fingerprint density at radius 3 is 2.85 bits per heavy atom. The van der Waals surface area contributed by atoms with Gasteiger partial charge in [0.1, 0.15) is 5.82 Å². The number of nitrogens with one attached hydrogen (secondary N) is 1. The quantitative estimate of drug-likeness (QED) is 0.716. The Morgan fingerprint density at radius 2 is 2.25 bits per heavy atom. The topological polar surface area (TPSA) is 52.6 Å². The molecule has 2 N–H and O–H groups in total. The molecule has 0 aliphatic heterocycles. The maximum absolute atomic E-state index is 13.6. The molecule has 0 amide bonds. The van der Waals surface area contributed by atoms with Crippen molar-refractivity contribution in [2.45, 2.75) is 32.4 Å². The van der Waals surface area contributed by atoms with Gasteiger partial charge in [-0.3, -0.25) is 4.90 Å². The lowest BCUT2D eigenvalue weighted by atomic mass is 10.1. The van der Waals surface area contributed by atoms with Crippen LogP contribution in [-0.2, 0) is 6.54 Å². The average Bonchev–Trinajstić information content (AvgIpc) is 3.25. The Labute approximate surface area is 118 Å². The number of aromatic carboxylic acids is 1. The van der Waals surface area contributed by atoms with Gasteiger partial charge in [-0.15, -0.1) is 0 Å². The number of nitrogens with zero attached hydrogens (tertiary/aromatic N) is 1. The van der Waals surface area contributed by atoms with Gasteiger partial charge in [0.15, 0.2) is 0 Å². The lowest BCUT2D eigenvalue weighted by molar-refractivity contribution is 0.0696. The molecule has 1 aliphatic carbocycles. The molecule has 2 rings (SSSR count). The molecule has 0 heterocycles. The molecule has 1 saturated carbocycles. The van der Waals surface area contributed by atoms with Crippen molar-refractivity contribution in [2.75, 3.05) is 19.6 Å². The number of carboxylic acids is 1. The summed E-state index contributed by atoms with van der Waals surface area (Å²) in [5.41, 5.74) is 0.524. The first-order valence-corrected chi connectivity index (χ1v) is 7.08. The summed E-state index contributed by atoms with van der Waals surface area (Å²) in [6.45, 7) is 5.27. The van der Waals surface area contributed by atoms with Crippen molar-refractivity contribution in [2.24, 2.45) is 0 Å². The van der Waals surface area contributed by atoms with E-state index in [1.54, 1.807) is 0 Å². The third kappa shape index (κ3) is 4.02. The summed E-state index contributed by atoms with van der Waals surface area (Å²) >= 11 is 0. The Hall–Kier alpha value is -1.46. The minimum absolute atomic E-state index is 0.122. The summed E-state index contributed by atoms with van der Waals surface area (Å²) < 4.78 is 13.6. The summed E-state index contributed by atoms with van der Waals surface area (Å²) in [4.78, 5) is 13.3. The van der Waals surface area contributed by atoms with E-state index in [0.29, 0.717) is 12.1 Å². The van der Waals surface area contributed by atoms with Crippen LogP contribution in [0.15, 0.2) is 18.2 Å². The van der Waals surface area contributed by atoms with E-state index in [2.05, 4.69) is 17.1 Å². The molecule has 0 atom stereocenters. The van der Waals surface area contributed by atoms with Crippen molar-refractivity contribution in [3.63, 3.8) is 0 Å². The van der Waals surface area contributed by atoms with Crippen LogP contribution < -0.4 is 5.32 Å². The summed E-state index contributed by atoms with van der Waals surface area (Å²) in [6.07, 6.45) is 2.56. The maximum Gasteiger partial charge on any atom is 0.335 e. The molecule has 0 unspecified atom stereocenters. The molecule has 0 radical (unpaired) electrons. The van der Waals surface area contributed by atoms with E-state index in [9.17, 15) is 9.18 Å². The zero-order valence-electron chi connectivity index (χ0n) is 11.7. The van der Waals surface area contributed by atoms with Crippen molar-refractivity contribution in [3.05, 3.63) is 35.1 Å². The minimum Gasteiger partial charge on any atom is -0.478 e. The molecular formula is C15H21FN2O2. The number of hydrogen-bond acceptors (Lipinski definition) is 3. The number of rotatable bonds is 8. The van der Waals surface area contributed by atoms with Gasteiger partial charge in [0.25, 0.3) is 0 Å². The fraction of sp³-hybridized carbons (Fsp3) is 0.533. The van der Waals surface area contributed by atoms with E-state index >= 15 is 0 Å². The molecule has 4 nitrogen and oxygen atoms in total. The van der Waals surface area contributed by atoms with E-state index in [1.807, 2.05) is 0 Å². The predicted octanol–water partition coefficient (Wildman–Crippen LogP) is 2.10. The Kier molecular flexibility index (Phi) is 5.09. The van der Waals surface area contributed by atoms with Crippen molar-refractivity contribution in [1.29, 1.82) is 0 Å². The second-order valence-corrected chi connectivity index (χ2v) is 5.15. The number of hydrogen-bond donors (Lipinski definition) is 2. The second kappa shape index (κ2) is 6.81. The average molecular weight is 280 g/mol. The normalized spacial score (nSPS) is 14.8. The highest BCUT2D eigenvalue weighted by Gasteiger charge is 2.26. The monoisotopic (exact) mass is 280 g/mol. The zero-order chi connectivity index (χ0) is 14.5. The van der Waals surface area contributed by atoms with Crippen LogP contribution in [0.1, 0.15) is 35.7 Å². The van der Waals surface area contributed by atoms with Gasteiger partial charge in [-0.25, -0.2) is 9.18 Å². The first kappa shape index (κ1) is 14.9. The van der Waals surface area contributed by atoms with E-state index in [1.165, 1.54) is 31.0 Å². The molecule has 0 saturated heterocycles. The fourth-order valence-electron chi connectivity index (χ4n) is 2.33. The Morgan fingerprint density at radius 1 is 1.50 bits per heavy atom. The Balaban J connectivity index is 1.81. The molecule has 20 heavy (non-hydrogen) atoms. The standard InChI is InChI=1S/C15H21FN2O2/c1-2-18(13-4-5-13)8-7-17-10-12-9-11(15(19)20)3-6-14(12)16/h3,6,9,13,17H,2,4-5,7-8,10H2,1H3,(H,19,20). The van der Waals surface area contributed by atoms with Crippen LogP contribution in [0.2, 0.25) is 0 Å². The maximum atomic E-state index is 13.6. The number of likely N-dealkylation sites (N-methyl/N-ethyl adjacent to an activating group) is 1. The van der Waals surface area contributed by atoms with Gasteiger partial charge in [-0.05, 0) is 37.6 Å². The summed E-state index contributed by atoms with van der Waals surface area (Å²) in [6, 6.07) is 4.62. The number of halogens is 1. The van der Waals surface area contributed by atoms with Gasteiger partial charge in [0.2, 0.25) is 0 Å². The van der Waals surface area contributed by atoms with Crippen LogP contribution in [0.5, 0.6) is 0 Å². The van der Waals surface area contributed by atoms with Crippen molar-refractivity contribution in [3.8, 4) is 0 Å². The van der Waals surface area contributed by atoms with Gasteiger partial charge in [0, 0.05) is 31.2 Å². The lowest BCUT2D eigenvalue weighted by Crippen LogP contribution is -2.33. The van der Waals surface area contributed by atoms with Crippen LogP contribution in [0.4, 0.5) is 4.39 Å². The molecule has 5 heteroatoms. The van der Waals surface area contributed by atoms with Gasteiger partial charge in [-0.2, -0.15) is 0 Å². The molecule has 0 aromatic heterocycles. The molecule has 110 valence electrons. The van der Waals surface area contributed by atoms with Crippen molar-refractivity contribution in [1.82, 2.24) is 10.2 Å². The minimum atomic E-state index is -1.03. The van der Waals surface area contributed by atoms with Crippen LogP contribution in [-0.4, -0.2) is 41.7 Å². The number of carbonyl (C=O) groups is 1. The highest BCUT2D eigenvalue weighted by molar-refractivity contribution is 5.87. The highest BCUT2D eigenvalue weighted by atomic mass is 19.1. The first-order chi connectivity index (χ1) is 9.61. The predicted molar refractivity (Wildman–Crippen MR) is 75.3 cm³/mol. The Bertz CT molecular complexity index is 475.